The fourth-order valence-corrected chi connectivity index (χ4v) is 6.38. The fourth-order valence-electron chi connectivity index (χ4n) is 5.85. The Morgan fingerprint density at radius 3 is 2.21 bits per heavy atom. The number of hydrogen-bond acceptors (Lipinski definition) is 3. The summed E-state index contributed by atoms with van der Waals surface area (Å²) >= 11 is 12.6. The topological polar surface area (TPSA) is 44.4 Å². The van der Waals surface area contributed by atoms with Gasteiger partial charge in [0.1, 0.15) is 0 Å². The van der Waals surface area contributed by atoms with Crippen LogP contribution < -0.4 is 15.5 Å². The number of benzene rings is 4. The molecule has 1 aliphatic heterocycles. The largest absolute Gasteiger partial charge is 0.372 e. The summed E-state index contributed by atoms with van der Waals surface area (Å²) < 4.78 is 0. The first-order valence-electron chi connectivity index (χ1n) is 14.6. The molecule has 0 saturated carbocycles. The summed E-state index contributed by atoms with van der Waals surface area (Å²) in [6.07, 6.45) is 2.88. The van der Waals surface area contributed by atoms with Gasteiger partial charge in [-0.15, -0.1) is 0 Å². The highest BCUT2D eigenvalue weighted by Gasteiger charge is 2.32. The van der Waals surface area contributed by atoms with Gasteiger partial charge in [0, 0.05) is 52.3 Å². The molecule has 42 heavy (non-hydrogen) atoms. The molecule has 1 heterocycles. The highest BCUT2D eigenvalue weighted by atomic mass is 35.5. The first-order valence-corrected chi connectivity index (χ1v) is 15.4. The number of halogens is 2. The van der Waals surface area contributed by atoms with E-state index in [-0.39, 0.29) is 11.8 Å². The summed E-state index contributed by atoms with van der Waals surface area (Å²) in [5.41, 5.74) is 7.00. The third-order valence-electron chi connectivity index (χ3n) is 7.95. The summed E-state index contributed by atoms with van der Waals surface area (Å²) in [4.78, 5) is 15.6. The lowest BCUT2D eigenvalue weighted by atomic mass is 9.79. The fraction of sp³-hybridized carbons (Fsp3) is 0.250. The van der Waals surface area contributed by atoms with E-state index in [1.165, 1.54) is 5.69 Å². The summed E-state index contributed by atoms with van der Waals surface area (Å²) in [5.74, 6) is 0.361. The molecule has 1 aliphatic rings. The van der Waals surface area contributed by atoms with Crippen molar-refractivity contribution in [2.24, 2.45) is 5.92 Å². The van der Waals surface area contributed by atoms with Crippen molar-refractivity contribution in [3.8, 4) is 11.1 Å². The monoisotopic (exact) mass is 597 g/mol. The lowest BCUT2D eigenvalue weighted by Gasteiger charge is -2.37. The van der Waals surface area contributed by atoms with E-state index < -0.39 is 0 Å². The van der Waals surface area contributed by atoms with Gasteiger partial charge in [-0.1, -0.05) is 91.3 Å². The standard InChI is InChI=1S/C36H37Cl2N3O/c1-3-19-39-36(42)35(26-9-5-4-6-10-26)27-17-20-41(21-18-27)32-15-13-31(14-16-32)40-25(2)33-11-7-8-12-34(33)28-22-29(37)24-30(38)23-28/h4-16,22-24,27,35,40H,2-3,17-21H2,1H3,(H,39,42). The smallest absolute Gasteiger partial charge is 0.227 e. The first kappa shape index (κ1) is 29.8. The Balaban J connectivity index is 1.23. The average molecular weight is 599 g/mol. The zero-order valence-electron chi connectivity index (χ0n) is 24.0. The SMILES string of the molecule is C=C(Nc1ccc(N2CCC(C(C(=O)NCCC)c3ccccc3)CC2)cc1)c1ccccc1-c1cc(Cl)cc(Cl)c1. The highest BCUT2D eigenvalue weighted by Crippen LogP contribution is 2.36. The van der Waals surface area contributed by atoms with Gasteiger partial charge in [0.05, 0.1) is 5.92 Å². The maximum Gasteiger partial charge on any atom is 0.227 e. The number of piperidine rings is 1. The zero-order valence-corrected chi connectivity index (χ0v) is 25.5. The normalized spacial score (nSPS) is 14.3. The van der Waals surface area contributed by atoms with E-state index in [1.54, 1.807) is 6.07 Å². The molecule has 4 aromatic rings. The van der Waals surface area contributed by atoms with Crippen LogP contribution in [0.25, 0.3) is 16.8 Å². The Bertz CT molecular complexity index is 1490. The molecule has 6 heteroatoms. The number of carbonyl (C=O) groups excluding carboxylic acids is 1. The molecule has 1 amide bonds. The maximum absolute atomic E-state index is 13.2. The number of amides is 1. The first-order chi connectivity index (χ1) is 20.4. The van der Waals surface area contributed by atoms with Gasteiger partial charge in [-0.05, 0) is 84.3 Å². The van der Waals surface area contributed by atoms with E-state index in [2.05, 4.69) is 65.4 Å². The van der Waals surface area contributed by atoms with Crippen molar-refractivity contribution in [2.45, 2.75) is 32.1 Å². The van der Waals surface area contributed by atoms with Gasteiger partial charge in [0.25, 0.3) is 0 Å². The molecule has 0 radical (unpaired) electrons. The van der Waals surface area contributed by atoms with Crippen LogP contribution in [0.3, 0.4) is 0 Å². The number of anilines is 2. The molecule has 1 saturated heterocycles. The van der Waals surface area contributed by atoms with Crippen LogP contribution in [0.5, 0.6) is 0 Å². The molecule has 2 N–H and O–H groups in total. The van der Waals surface area contributed by atoms with E-state index >= 15 is 0 Å². The van der Waals surface area contributed by atoms with Crippen molar-refractivity contribution in [1.82, 2.24) is 5.32 Å². The molecule has 216 valence electrons. The van der Waals surface area contributed by atoms with Crippen LogP contribution in [0.2, 0.25) is 10.0 Å². The molecule has 1 unspecified atom stereocenters. The molecular weight excluding hydrogens is 561 g/mol. The summed E-state index contributed by atoms with van der Waals surface area (Å²) in [6, 6.07) is 32.4. The van der Waals surface area contributed by atoms with Gasteiger partial charge in [0.2, 0.25) is 5.91 Å². The molecule has 4 aromatic carbocycles. The average Bonchev–Trinajstić information content (AvgIpc) is 3.01. The lowest BCUT2D eigenvalue weighted by Crippen LogP contribution is -2.40. The molecule has 5 rings (SSSR count). The van der Waals surface area contributed by atoms with Gasteiger partial charge >= 0.3 is 0 Å². The van der Waals surface area contributed by atoms with Crippen LogP contribution in [-0.2, 0) is 4.79 Å². The summed E-state index contributed by atoms with van der Waals surface area (Å²) in [7, 11) is 0. The molecule has 0 spiro atoms. The molecule has 0 aromatic heterocycles. The highest BCUT2D eigenvalue weighted by molar-refractivity contribution is 6.35. The third-order valence-corrected chi connectivity index (χ3v) is 8.39. The van der Waals surface area contributed by atoms with Gasteiger partial charge in [-0.3, -0.25) is 4.79 Å². The number of hydrogen-bond donors (Lipinski definition) is 2. The predicted octanol–water partition coefficient (Wildman–Crippen LogP) is 9.27. The molecule has 0 aliphatic carbocycles. The number of nitrogens with zero attached hydrogens (tertiary/aromatic N) is 1. The van der Waals surface area contributed by atoms with Crippen LogP contribution in [0.1, 0.15) is 43.2 Å². The Hall–Kier alpha value is -3.73. The number of carbonyl (C=O) groups is 1. The molecule has 1 fully saturated rings. The summed E-state index contributed by atoms with van der Waals surface area (Å²) in [6.45, 7) is 8.97. The van der Waals surface area contributed by atoms with Crippen LogP contribution >= 0.6 is 23.2 Å². The Morgan fingerprint density at radius 1 is 0.905 bits per heavy atom. The van der Waals surface area contributed by atoms with Crippen LogP contribution in [0.4, 0.5) is 11.4 Å². The Labute approximate surface area is 259 Å². The van der Waals surface area contributed by atoms with E-state index in [4.69, 9.17) is 23.2 Å². The Morgan fingerprint density at radius 2 is 1.55 bits per heavy atom. The maximum atomic E-state index is 13.2. The van der Waals surface area contributed by atoms with Crippen LogP contribution in [0, 0.1) is 5.92 Å². The van der Waals surface area contributed by atoms with Gasteiger partial charge in [-0.2, -0.15) is 0 Å². The number of rotatable bonds is 10. The lowest BCUT2D eigenvalue weighted by molar-refractivity contribution is -0.124. The second-order valence-electron chi connectivity index (χ2n) is 10.9. The van der Waals surface area contributed by atoms with Crippen LogP contribution in [0.15, 0.2) is 104 Å². The van der Waals surface area contributed by atoms with Crippen molar-refractivity contribution in [3.63, 3.8) is 0 Å². The van der Waals surface area contributed by atoms with Gasteiger partial charge in [-0.25, -0.2) is 0 Å². The van der Waals surface area contributed by atoms with Crippen molar-refractivity contribution < 1.29 is 4.79 Å². The van der Waals surface area contributed by atoms with E-state index in [0.717, 1.165) is 66.0 Å². The minimum Gasteiger partial charge on any atom is -0.372 e. The van der Waals surface area contributed by atoms with Crippen molar-refractivity contribution in [2.75, 3.05) is 29.9 Å². The molecule has 4 nitrogen and oxygen atoms in total. The van der Waals surface area contributed by atoms with Crippen LogP contribution in [-0.4, -0.2) is 25.5 Å². The summed E-state index contributed by atoms with van der Waals surface area (Å²) in [5, 5.41) is 7.81. The molecule has 1 atom stereocenters. The third kappa shape index (κ3) is 7.18. The molecular formula is C36H37Cl2N3O. The predicted molar refractivity (Wildman–Crippen MR) is 178 cm³/mol. The van der Waals surface area contributed by atoms with Crippen molar-refractivity contribution in [1.29, 1.82) is 0 Å². The molecule has 0 bridgehead atoms. The van der Waals surface area contributed by atoms with E-state index in [0.29, 0.717) is 22.5 Å². The van der Waals surface area contributed by atoms with Crippen molar-refractivity contribution >= 4 is 46.2 Å². The zero-order chi connectivity index (χ0) is 29.5. The van der Waals surface area contributed by atoms with Crippen molar-refractivity contribution in [3.05, 3.63) is 125 Å². The Kier molecular flexibility index (Phi) is 9.89. The van der Waals surface area contributed by atoms with Gasteiger partial charge < -0.3 is 15.5 Å². The van der Waals surface area contributed by atoms with E-state index in [9.17, 15) is 4.79 Å². The second kappa shape index (κ2) is 14.0. The van der Waals surface area contributed by atoms with Gasteiger partial charge in [0.15, 0.2) is 0 Å². The minimum atomic E-state index is -0.108. The second-order valence-corrected chi connectivity index (χ2v) is 11.7. The number of nitrogens with one attached hydrogen (secondary N) is 2. The minimum absolute atomic E-state index is 0.108. The van der Waals surface area contributed by atoms with E-state index in [1.807, 2.05) is 54.6 Å². The quantitative estimate of drug-likeness (QED) is 0.191.